The molecule has 34 heavy (non-hydrogen) atoms. The van der Waals surface area contributed by atoms with E-state index in [0.717, 1.165) is 0 Å². The summed E-state index contributed by atoms with van der Waals surface area (Å²) in [5, 5.41) is 7.87. The zero-order valence-electron chi connectivity index (χ0n) is 19.3. The number of carbonyl (C=O) groups is 1. The number of nitrogens with zero attached hydrogens (tertiary/aromatic N) is 3. The minimum Gasteiger partial charge on any atom is -0.490 e. The molecule has 8 nitrogen and oxygen atoms in total. The summed E-state index contributed by atoms with van der Waals surface area (Å²) in [5.74, 6) is 1.05. The average molecular weight is 485 g/mol. The molecule has 2 heterocycles. The highest BCUT2D eigenvalue weighted by molar-refractivity contribution is 7.20. The highest BCUT2D eigenvalue weighted by Crippen LogP contribution is 2.39. The first-order valence-corrected chi connectivity index (χ1v) is 11.8. The Kier molecular flexibility index (Phi) is 6.97. The largest absolute Gasteiger partial charge is 0.490 e. The van der Waals surface area contributed by atoms with E-state index in [-0.39, 0.29) is 11.7 Å². The van der Waals surface area contributed by atoms with E-state index in [9.17, 15) is 9.18 Å². The number of benzene rings is 2. The second-order valence-corrected chi connectivity index (χ2v) is 8.26. The van der Waals surface area contributed by atoms with Crippen molar-refractivity contribution in [3.8, 4) is 22.4 Å². The van der Waals surface area contributed by atoms with Crippen molar-refractivity contribution >= 4 is 33.3 Å². The molecular weight excluding hydrogens is 459 g/mol. The SMILES string of the molecule is CCOc1cc(C(=O)Nc2cc(C)nn2-c2nc3ccc(F)cc3s2)cc(OCC)c1OCC. The van der Waals surface area contributed by atoms with Gasteiger partial charge in [-0.05, 0) is 58.0 Å². The highest BCUT2D eigenvalue weighted by atomic mass is 32.1. The molecule has 0 atom stereocenters. The van der Waals surface area contributed by atoms with Crippen LogP contribution in [0.25, 0.3) is 15.3 Å². The normalized spacial score (nSPS) is 11.0. The summed E-state index contributed by atoms with van der Waals surface area (Å²) in [7, 11) is 0. The Labute approximate surface area is 200 Å². The van der Waals surface area contributed by atoms with Gasteiger partial charge in [0.25, 0.3) is 5.91 Å². The van der Waals surface area contributed by atoms with E-state index in [2.05, 4.69) is 15.4 Å². The minimum absolute atomic E-state index is 0.335. The minimum atomic E-state index is -0.377. The predicted octanol–water partition coefficient (Wildman–Crippen LogP) is 5.38. The molecule has 0 saturated carbocycles. The predicted molar refractivity (Wildman–Crippen MR) is 129 cm³/mol. The summed E-state index contributed by atoms with van der Waals surface area (Å²) >= 11 is 1.28. The zero-order chi connectivity index (χ0) is 24.2. The first kappa shape index (κ1) is 23.5. The quantitative estimate of drug-likeness (QED) is 0.343. The molecule has 0 fully saturated rings. The van der Waals surface area contributed by atoms with Gasteiger partial charge in [0.1, 0.15) is 11.6 Å². The Morgan fingerprint density at radius 1 is 1.03 bits per heavy atom. The average Bonchev–Trinajstić information content (AvgIpc) is 3.38. The first-order valence-electron chi connectivity index (χ1n) is 10.9. The van der Waals surface area contributed by atoms with E-state index < -0.39 is 0 Å². The Balaban J connectivity index is 1.69. The van der Waals surface area contributed by atoms with Crippen LogP contribution in [0, 0.1) is 12.7 Å². The topological polar surface area (TPSA) is 87.5 Å². The number of ether oxygens (including phenoxy) is 3. The van der Waals surface area contributed by atoms with Crippen molar-refractivity contribution < 1.29 is 23.4 Å². The standard InChI is InChI=1S/C24H25FN4O4S/c1-5-31-18-11-15(12-19(32-6-2)22(18)33-7-3)23(30)27-21-10-14(4)28-29(21)24-26-17-9-8-16(25)13-20(17)34-24/h8-13H,5-7H2,1-4H3,(H,27,30). The van der Waals surface area contributed by atoms with E-state index in [1.54, 1.807) is 24.3 Å². The molecule has 1 N–H and O–H groups in total. The lowest BCUT2D eigenvalue weighted by Gasteiger charge is -2.17. The van der Waals surface area contributed by atoms with Gasteiger partial charge in [0.15, 0.2) is 11.5 Å². The van der Waals surface area contributed by atoms with Crippen molar-refractivity contribution in [2.45, 2.75) is 27.7 Å². The number of hydrogen-bond donors (Lipinski definition) is 1. The molecule has 4 aromatic rings. The molecule has 0 aliphatic heterocycles. The molecule has 4 rings (SSSR count). The fourth-order valence-electron chi connectivity index (χ4n) is 3.42. The summed E-state index contributed by atoms with van der Waals surface area (Å²) in [6.07, 6.45) is 0. The molecular formula is C24H25FN4O4S. The third kappa shape index (κ3) is 4.81. The van der Waals surface area contributed by atoms with Crippen LogP contribution in [-0.2, 0) is 0 Å². The number of nitrogens with one attached hydrogen (secondary N) is 1. The number of hydrogen-bond acceptors (Lipinski definition) is 7. The molecule has 2 aromatic heterocycles. The van der Waals surface area contributed by atoms with E-state index in [4.69, 9.17) is 14.2 Å². The van der Waals surface area contributed by atoms with E-state index >= 15 is 0 Å². The van der Waals surface area contributed by atoms with Crippen molar-refractivity contribution in [3.63, 3.8) is 0 Å². The van der Waals surface area contributed by atoms with Gasteiger partial charge in [0, 0.05) is 11.6 Å². The maximum absolute atomic E-state index is 13.6. The third-order valence-electron chi connectivity index (χ3n) is 4.76. The van der Waals surface area contributed by atoms with E-state index in [1.165, 1.54) is 28.2 Å². The molecule has 0 aliphatic rings. The fourth-order valence-corrected chi connectivity index (χ4v) is 4.38. The van der Waals surface area contributed by atoms with Gasteiger partial charge >= 0.3 is 0 Å². The number of carbonyl (C=O) groups excluding carboxylic acids is 1. The molecule has 1 amide bonds. The van der Waals surface area contributed by atoms with Crippen LogP contribution in [0.5, 0.6) is 17.2 Å². The van der Waals surface area contributed by atoms with Crippen molar-refractivity contribution in [2.24, 2.45) is 0 Å². The second kappa shape index (κ2) is 10.1. The van der Waals surface area contributed by atoms with Crippen LogP contribution in [0.15, 0.2) is 36.4 Å². The summed E-state index contributed by atoms with van der Waals surface area (Å²) in [6, 6.07) is 9.40. The number of halogens is 1. The number of aromatic nitrogens is 3. The Morgan fingerprint density at radius 3 is 2.35 bits per heavy atom. The van der Waals surface area contributed by atoms with Gasteiger partial charge in [0.2, 0.25) is 10.9 Å². The van der Waals surface area contributed by atoms with E-state index in [1.807, 2.05) is 27.7 Å². The van der Waals surface area contributed by atoms with Gasteiger partial charge in [0.05, 0.1) is 35.7 Å². The first-order chi connectivity index (χ1) is 16.4. The van der Waals surface area contributed by atoms with Gasteiger partial charge in [-0.2, -0.15) is 9.78 Å². The van der Waals surface area contributed by atoms with Crippen molar-refractivity contribution in [1.29, 1.82) is 0 Å². The third-order valence-corrected chi connectivity index (χ3v) is 5.76. The summed E-state index contributed by atoms with van der Waals surface area (Å²) < 4.78 is 33.0. The number of thiazole rings is 1. The molecule has 2 aromatic carbocycles. The Hall–Kier alpha value is -3.66. The van der Waals surface area contributed by atoms with Crippen molar-refractivity contribution in [3.05, 3.63) is 53.5 Å². The zero-order valence-corrected chi connectivity index (χ0v) is 20.2. The lowest BCUT2D eigenvalue weighted by Crippen LogP contribution is -2.16. The maximum Gasteiger partial charge on any atom is 0.257 e. The number of anilines is 1. The molecule has 0 saturated heterocycles. The molecule has 178 valence electrons. The fraction of sp³-hybridized carbons (Fsp3) is 0.292. The van der Waals surface area contributed by atoms with Crippen LogP contribution in [0.1, 0.15) is 36.8 Å². The van der Waals surface area contributed by atoms with Gasteiger partial charge in [-0.3, -0.25) is 4.79 Å². The van der Waals surface area contributed by atoms with Gasteiger partial charge < -0.3 is 19.5 Å². The van der Waals surface area contributed by atoms with Gasteiger partial charge in [-0.15, -0.1) is 0 Å². The van der Waals surface area contributed by atoms with Crippen LogP contribution in [0.2, 0.25) is 0 Å². The number of aryl methyl sites for hydroxylation is 1. The second-order valence-electron chi connectivity index (χ2n) is 7.25. The van der Waals surface area contributed by atoms with Gasteiger partial charge in [-0.1, -0.05) is 11.3 Å². The molecule has 0 unspecified atom stereocenters. The number of rotatable bonds is 9. The molecule has 0 radical (unpaired) electrons. The van der Waals surface area contributed by atoms with Gasteiger partial charge in [-0.25, -0.2) is 9.37 Å². The van der Waals surface area contributed by atoms with Crippen molar-refractivity contribution in [2.75, 3.05) is 25.1 Å². The lowest BCUT2D eigenvalue weighted by molar-refractivity contribution is 0.102. The highest BCUT2D eigenvalue weighted by Gasteiger charge is 2.20. The molecule has 10 heteroatoms. The summed E-state index contributed by atoms with van der Waals surface area (Å²) in [4.78, 5) is 17.8. The number of fused-ring (bicyclic) bond motifs is 1. The Bertz CT molecular complexity index is 1310. The molecule has 0 aliphatic carbocycles. The number of amides is 1. The van der Waals surface area contributed by atoms with Crippen LogP contribution >= 0.6 is 11.3 Å². The summed E-state index contributed by atoms with van der Waals surface area (Å²) in [6.45, 7) is 8.63. The summed E-state index contributed by atoms with van der Waals surface area (Å²) in [5.41, 5.74) is 1.69. The van der Waals surface area contributed by atoms with Crippen LogP contribution < -0.4 is 19.5 Å². The van der Waals surface area contributed by atoms with Crippen LogP contribution in [-0.4, -0.2) is 40.5 Å². The Morgan fingerprint density at radius 2 is 1.71 bits per heavy atom. The monoisotopic (exact) mass is 484 g/mol. The van der Waals surface area contributed by atoms with E-state index in [0.29, 0.717) is 69.5 Å². The molecule has 0 spiro atoms. The van der Waals surface area contributed by atoms with Crippen LogP contribution in [0.4, 0.5) is 10.2 Å². The molecule has 0 bridgehead atoms. The van der Waals surface area contributed by atoms with Crippen molar-refractivity contribution in [1.82, 2.24) is 14.8 Å². The maximum atomic E-state index is 13.6. The lowest BCUT2D eigenvalue weighted by atomic mass is 10.1. The van der Waals surface area contributed by atoms with Crippen LogP contribution in [0.3, 0.4) is 0 Å². The smallest absolute Gasteiger partial charge is 0.257 e.